The van der Waals surface area contributed by atoms with Gasteiger partial charge >= 0.3 is 0 Å². The number of sulfone groups is 1. The van der Waals surface area contributed by atoms with E-state index in [4.69, 9.17) is 27.6 Å². The number of aryl methyl sites for hydroxylation is 1. The van der Waals surface area contributed by atoms with Crippen LogP contribution in [0.15, 0.2) is 39.6 Å². The zero-order chi connectivity index (χ0) is 17.5. The third-order valence-electron chi connectivity index (χ3n) is 3.42. The van der Waals surface area contributed by atoms with Gasteiger partial charge in [0, 0.05) is 17.4 Å². The molecule has 0 saturated heterocycles. The molecule has 0 N–H and O–H groups in total. The summed E-state index contributed by atoms with van der Waals surface area (Å²) in [5, 5.41) is 0.401. The monoisotopic (exact) mass is 381 g/mol. The van der Waals surface area contributed by atoms with Crippen molar-refractivity contribution >= 4 is 56.3 Å². The lowest BCUT2D eigenvalue weighted by molar-refractivity contribution is 0.589. The van der Waals surface area contributed by atoms with Crippen LogP contribution in [-0.4, -0.2) is 19.7 Å². The van der Waals surface area contributed by atoms with Gasteiger partial charge in [0.1, 0.15) is 5.52 Å². The predicted octanol–water partition coefficient (Wildman–Crippen LogP) is 5.02. The fourth-order valence-corrected chi connectivity index (χ4v) is 3.87. The highest BCUT2D eigenvalue weighted by molar-refractivity contribution is 7.90. The fourth-order valence-electron chi connectivity index (χ4n) is 2.24. The van der Waals surface area contributed by atoms with E-state index in [1.807, 2.05) is 25.1 Å². The Hall–Kier alpha value is -1.82. The Bertz CT molecular complexity index is 1070. The van der Waals surface area contributed by atoms with Gasteiger partial charge in [-0.2, -0.15) is 0 Å². The fraction of sp³-hybridized carbons (Fsp3) is 0.118. The minimum atomic E-state index is -3.43. The summed E-state index contributed by atoms with van der Waals surface area (Å²) in [7, 11) is -3.43. The van der Waals surface area contributed by atoms with Gasteiger partial charge in [0.25, 0.3) is 0 Å². The molecule has 0 spiro atoms. The first-order valence-corrected chi connectivity index (χ1v) is 9.63. The molecule has 2 aromatic carbocycles. The maximum atomic E-state index is 11.6. The third-order valence-corrected chi connectivity index (χ3v) is 5.30. The SMILES string of the molecule is Cc1ccc2oc(C=Cc3cc(Cl)c(S(C)(=O)=O)cc3Cl)nc2c1. The normalized spacial score (nSPS) is 12.3. The first-order valence-electron chi connectivity index (χ1n) is 6.98. The lowest BCUT2D eigenvalue weighted by atomic mass is 10.2. The van der Waals surface area contributed by atoms with Crippen molar-refractivity contribution in [3.05, 3.63) is 57.4 Å². The number of benzene rings is 2. The van der Waals surface area contributed by atoms with Crippen molar-refractivity contribution in [3.8, 4) is 0 Å². The van der Waals surface area contributed by atoms with Gasteiger partial charge in [-0.3, -0.25) is 0 Å². The van der Waals surface area contributed by atoms with Crippen LogP contribution in [-0.2, 0) is 9.84 Å². The highest BCUT2D eigenvalue weighted by Crippen LogP contribution is 2.30. The summed E-state index contributed by atoms with van der Waals surface area (Å²) >= 11 is 12.2. The molecule has 124 valence electrons. The van der Waals surface area contributed by atoms with Gasteiger partial charge in [-0.15, -0.1) is 0 Å². The Labute approximate surface area is 149 Å². The highest BCUT2D eigenvalue weighted by atomic mass is 35.5. The van der Waals surface area contributed by atoms with Crippen LogP contribution in [0.3, 0.4) is 0 Å². The van der Waals surface area contributed by atoms with Crippen molar-refractivity contribution in [2.45, 2.75) is 11.8 Å². The molecule has 0 atom stereocenters. The molecule has 0 fully saturated rings. The molecule has 4 nitrogen and oxygen atoms in total. The number of oxazole rings is 1. The summed E-state index contributed by atoms with van der Waals surface area (Å²) in [5.41, 5.74) is 3.13. The summed E-state index contributed by atoms with van der Waals surface area (Å²) in [6.07, 6.45) is 4.42. The molecule has 3 rings (SSSR count). The van der Waals surface area contributed by atoms with Crippen LogP contribution in [0.1, 0.15) is 17.0 Å². The van der Waals surface area contributed by atoms with Gasteiger partial charge in [0.2, 0.25) is 5.89 Å². The molecular weight excluding hydrogens is 369 g/mol. The third kappa shape index (κ3) is 3.48. The molecular formula is C17H13Cl2NO3S. The Morgan fingerprint density at radius 1 is 1.08 bits per heavy atom. The molecule has 24 heavy (non-hydrogen) atoms. The quantitative estimate of drug-likeness (QED) is 0.638. The average molecular weight is 382 g/mol. The molecule has 0 saturated carbocycles. The van der Waals surface area contributed by atoms with Crippen LogP contribution >= 0.6 is 23.2 Å². The van der Waals surface area contributed by atoms with E-state index in [-0.39, 0.29) is 14.9 Å². The summed E-state index contributed by atoms with van der Waals surface area (Å²) < 4.78 is 28.9. The maximum absolute atomic E-state index is 11.6. The van der Waals surface area contributed by atoms with Gasteiger partial charge in [0.15, 0.2) is 15.4 Å². The van der Waals surface area contributed by atoms with Gasteiger partial charge in [0.05, 0.1) is 9.92 Å². The van der Waals surface area contributed by atoms with E-state index in [9.17, 15) is 8.42 Å². The van der Waals surface area contributed by atoms with E-state index in [2.05, 4.69) is 4.98 Å². The Balaban J connectivity index is 1.97. The molecule has 0 aliphatic carbocycles. The standard InChI is InChI=1S/C17H13Cl2NO3S/c1-10-3-5-15-14(7-10)20-17(23-15)6-4-11-8-13(19)16(9-12(11)18)24(2,21)22/h3-9H,1-2H3. The van der Waals surface area contributed by atoms with Crippen molar-refractivity contribution in [1.29, 1.82) is 0 Å². The number of hydrogen-bond donors (Lipinski definition) is 0. The summed E-state index contributed by atoms with van der Waals surface area (Å²) in [6.45, 7) is 1.98. The first kappa shape index (κ1) is 17.0. The van der Waals surface area contributed by atoms with Crippen LogP contribution in [0.5, 0.6) is 0 Å². The second kappa shape index (κ2) is 6.24. The number of aromatic nitrogens is 1. The van der Waals surface area contributed by atoms with Crippen molar-refractivity contribution in [2.24, 2.45) is 0 Å². The van der Waals surface area contributed by atoms with E-state index < -0.39 is 9.84 Å². The first-order chi connectivity index (χ1) is 11.2. The second-order valence-corrected chi connectivity index (χ2v) is 8.23. The van der Waals surface area contributed by atoms with E-state index >= 15 is 0 Å². The van der Waals surface area contributed by atoms with Crippen molar-refractivity contribution in [1.82, 2.24) is 4.98 Å². The lowest BCUT2D eigenvalue weighted by Crippen LogP contribution is -1.98. The molecule has 0 radical (unpaired) electrons. The molecule has 1 heterocycles. The number of halogens is 2. The Morgan fingerprint density at radius 3 is 2.54 bits per heavy atom. The lowest BCUT2D eigenvalue weighted by Gasteiger charge is -2.05. The van der Waals surface area contributed by atoms with E-state index in [1.165, 1.54) is 12.1 Å². The number of nitrogens with zero attached hydrogens (tertiary/aromatic N) is 1. The topological polar surface area (TPSA) is 60.2 Å². The molecule has 0 bridgehead atoms. The van der Waals surface area contributed by atoms with Gasteiger partial charge in [-0.05, 0) is 48.4 Å². The minimum Gasteiger partial charge on any atom is -0.437 e. The number of fused-ring (bicyclic) bond motifs is 1. The predicted molar refractivity (Wildman–Crippen MR) is 97.2 cm³/mol. The molecule has 0 aliphatic rings. The molecule has 0 aliphatic heterocycles. The highest BCUT2D eigenvalue weighted by Gasteiger charge is 2.14. The smallest absolute Gasteiger partial charge is 0.220 e. The van der Waals surface area contributed by atoms with Crippen LogP contribution in [0, 0.1) is 6.92 Å². The largest absolute Gasteiger partial charge is 0.437 e. The zero-order valence-electron chi connectivity index (χ0n) is 12.9. The van der Waals surface area contributed by atoms with Gasteiger partial charge < -0.3 is 4.42 Å². The van der Waals surface area contributed by atoms with Crippen molar-refractivity contribution in [3.63, 3.8) is 0 Å². The summed E-state index contributed by atoms with van der Waals surface area (Å²) in [5.74, 6) is 0.426. The minimum absolute atomic E-state index is 0.00338. The van der Waals surface area contributed by atoms with Crippen LogP contribution in [0.25, 0.3) is 23.3 Å². The average Bonchev–Trinajstić information content (AvgIpc) is 2.88. The Morgan fingerprint density at radius 2 is 1.83 bits per heavy atom. The van der Waals surface area contributed by atoms with Gasteiger partial charge in [-0.1, -0.05) is 29.3 Å². The molecule has 0 amide bonds. The maximum Gasteiger partial charge on any atom is 0.220 e. The number of rotatable bonds is 3. The molecule has 1 aromatic heterocycles. The van der Waals surface area contributed by atoms with E-state index in [1.54, 1.807) is 12.2 Å². The molecule has 0 unspecified atom stereocenters. The van der Waals surface area contributed by atoms with Gasteiger partial charge in [-0.25, -0.2) is 13.4 Å². The van der Waals surface area contributed by atoms with Crippen LogP contribution in [0.4, 0.5) is 0 Å². The van der Waals surface area contributed by atoms with E-state index in [0.717, 1.165) is 17.3 Å². The van der Waals surface area contributed by atoms with Crippen LogP contribution in [0.2, 0.25) is 10.0 Å². The van der Waals surface area contributed by atoms with Crippen molar-refractivity contribution < 1.29 is 12.8 Å². The summed E-state index contributed by atoms with van der Waals surface area (Å²) in [6, 6.07) is 8.58. The molecule has 7 heteroatoms. The number of hydrogen-bond acceptors (Lipinski definition) is 4. The second-order valence-electron chi connectivity index (χ2n) is 5.43. The zero-order valence-corrected chi connectivity index (χ0v) is 15.2. The molecule has 3 aromatic rings. The van der Waals surface area contributed by atoms with Crippen molar-refractivity contribution in [2.75, 3.05) is 6.26 Å². The summed E-state index contributed by atoms with van der Waals surface area (Å²) in [4.78, 5) is 4.38. The van der Waals surface area contributed by atoms with Crippen LogP contribution < -0.4 is 0 Å². The van der Waals surface area contributed by atoms with E-state index in [0.29, 0.717) is 17.0 Å². The Kier molecular flexibility index (Phi) is 4.42.